The second-order valence-electron chi connectivity index (χ2n) is 7.38. The highest BCUT2D eigenvalue weighted by Crippen LogP contribution is 2.22. The van der Waals surface area contributed by atoms with Gasteiger partial charge in [0.15, 0.2) is 0 Å². The normalized spacial score (nSPS) is 11.1. The van der Waals surface area contributed by atoms with Gasteiger partial charge in [0.05, 0.1) is 13.2 Å². The van der Waals surface area contributed by atoms with Gasteiger partial charge >= 0.3 is 0 Å². The molecule has 3 aromatic rings. The Morgan fingerprint density at radius 3 is 2.20 bits per heavy atom. The third kappa shape index (κ3) is 8.37. The van der Waals surface area contributed by atoms with E-state index in [4.69, 9.17) is 20.4 Å². The van der Waals surface area contributed by atoms with Crippen LogP contribution in [0.2, 0.25) is 0 Å². The minimum Gasteiger partial charge on any atom is -0.457 e. The lowest BCUT2D eigenvalue weighted by Gasteiger charge is -2.20. The molecule has 3 rings (SSSR count). The van der Waals surface area contributed by atoms with Gasteiger partial charge in [-0.1, -0.05) is 53.8 Å². The van der Waals surface area contributed by atoms with Gasteiger partial charge in [0.1, 0.15) is 30.4 Å². The van der Waals surface area contributed by atoms with E-state index in [1.165, 1.54) is 0 Å². The first-order valence-electron chi connectivity index (χ1n) is 10.8. The summed E-state index contributed by atoms with van der Waals surface area (Å²) in [4.78, 5) is 25.3. The number of nitrogens with one attached hydrogen (secondary N) is 4. The summed E-state index contributed by atoms with van der Waals surface area (Å²) >= 11 is 0. The molecule has 0 spiro atoms. The number of carbonyl (C=O) groups is 2. The molecule has 10 nitrogen and oxygen atoms in total. The summed E-state index contributed by atoms with van der Waals surface area (Å²) in [5.74, 6) is 0.240. The molecule has 0 unspecified atom stereocenters. The second kappa shape index (κ2) is 13.2. The van der Waals surface area contributed by atoms with Crippen LogP contribution in [-0.4, -0.2) is 42.4 Å². The summed E-state index contributed by atoms with van der Waals surface area (Å²) in [5, 5.41) is 16.4. The zero-order valence-electron chi connectivity index (χ0n) is 18.9. The van der Waals surface area contributed by atoms with E-state index in [1.54, 1.807) is 24.3 Å². The van der Waals surface area contributed by atoms with Gasteiger partial charge in [0.2, 0.25) is 11.8 Å². The summed E-state index contributed by atoms with van der Waals surface area (Å²) in [6, 6.07) is 24.6. The first-order valence-corrected chi connectivity index (χ1v) is 10.8. The molecule has 0 saturated carbocycles. The molecule has 180 valence electrons. The van der Waals surface area contributed by atoms with Gasteiger partial charge in [-0.15, -0.1) is 0 Å². The van der Waals surface area contributed by atoms with E-state index in [0.717, 1.165) is 16.9 Å². The molecule has 0 aliphatic carbocycles. The van der Waals surface area contributed by atoms with E-state index in [9.17, 15) is 9.59 Å². The molecular formula is C25H26N6O4. The third-order valence-electron chi connectivity index (χ3n) is 4.73. The van der Waals surface area contributed by atoms with Crippen molar-refractivity contribution in [3.05, 3.63) is 90.5 Å². The molecule has 0 aliphatic heterocycles. The predicted octanol–water partition coefficient (Wildman–Crippen LogP) is 3.97. The maximum absolute atomic E-state index is 12.9. The molecular weight excluding hydrogens is 448 g/mol. The van der Waals surface area contributed by atoms with Crippen molar-refractivity contribution in [2.45, 2.75) is 12.6 Å². The first-order chi connectivity index (χ1) is 17.1. The average molecular weight is 475 g/mol. The Balaban J connectivity index is 1.61. The molecule has 4 N–H and O–H groups in total. The van der Waals surface area contributed by atoms with E-state index in [0.29, 0.717) is 17.2 Å². The predicted molar refractivity (Wildman–Crippen MR) is 130 cm³/mol. The molecule has 0 aromatic heterocycles. The summed E-state index contributed by atoms with van der Waals surface area (Å²) in [6.45, 7) is -0.189. The Labute approximate surface area is 202 Å². The molecule has 0 fully saturated rings. The third-order valence-corrected chi connectivity index (χ3v) is 4.73. The Bertz CT molecular complexity index is 1100. The number of hydrogen-bond donors (Lipinski definition) is 4. The zero-order chi connectivity index (χ0) is 24.9. The number of nitrogens with zero attached hydrogens (tertiary/aromatic N) is 2. The second-order valence-corrected chi connectivity index (χ2v) is 7.38. The van der Waals surface area contributed by atoms with Crippen LogP contribution in [-0.2, 0) is 20.9 Å². The Morgan fingerprint density at radius 1 is 0.943 bits per heavy atom. The highest BCUT2D eigenvalue weighted by atomic mass is 16.5. The number of amides is 2. The molecule has 0 aliphatic rings. The monoisotopic (exact) mass is 474 g/mol. The van der Waals surface area contributed by atoms with Crippen molar-refractivity contribution in [1.82, 2.24) is 10.3 Å². The largest absolute Gasteiger partial charge is 0.457 e. The zero-order valence-corrected chi connectivity index (χ0v) is 18.9. The minimum absolute atomic E-state index is 0.0791. The van der Waals surface area contributed by atoms with Gasteiger partial charge in [-0.3, -0.25) is 15.0 Å². The average Bonchev–Trinajstić information content (AvgIpc) is 2.89. The fraction of sp³-hybridized carbons (Fsp3) is 0.160. The fourth-order valence-corrected chi connectivity index (χ4v) is 3.01. The van der Waals surface area contributed by atoms with Gasteiger partial charge in [-0.05, 0) is 42.0 Å². The summed E-state index contributed by atoms with van der Waals surface area (Å²) < 4.78 is 11.4. The molecule has 2 amide bonds. The Hall–Kier alpha value is -4.57. The number of benzene rings is 3. The van der Waals surface area contributed by atoms with Crippen molar-refractivity contribution >= 4 is 23.8 Å². The lowest BCUT2D eigenvalue weighted by atomic mass is 10.2. The van der Waals surface area contributed by atoms with Crippen LogP contribution in [0, 0.1) is 10.9 Å². The van der Waals surface area contributed by atoms with Crippen LogP contribution in [0.25, 0.3) is 0 Å². The molecule has 0 saturated heterocycles. The number of hydrogen-bond acceptors (Lipinski definition) is 7. The van der Waals surface area contributed by atoms with Crippen molar-refractivity contribution in [2.24, 2.45) is 5.22 Å². The topological polar surface area (TPSA) is 140 Å². The molecule has 3 aromatic carbocycles. The molecule has 0 radical (unpaired) electrons. The maximum Gasteiger partial charge on any atom is 0.249 e. The number of para-hydroxylation sites is 1. The first kappa shape index (κ1) is 25.1. The van der Waals surface area contributed by atoms with E-state index in [2.05, 4.69) is 15.9 Å². The maximum atomic E-state index is 12.9. The molecule has 0 bridgehead atoms. The number of rotatable bonds is 13. The van der Waals surface area contributed by atoms with Gasteiger partial charge in [0.25, 0.3) is 0 Å². The smallest absolute Gasteiger partial charge is 0.249 e. The quantitative estimate of drug-likeness (QED) is 0.128. The summed E-state index contributed by atoms with van der Waals surface area (Å²) in [5.41, 5.74) is 8.41. The van der Waals surface area contributed by atoms with Crippen LogP contribution >= 0.6 is 0 Å². The summed E-state index contributed by atoms with van der Waals surface area (Å²) in [6.07, 6.45) is 0.743. The van der Waals surface area contributed by atoms with Crippen LogP contribution in [0.15, 0.2) is 90.2 Å². The van der Waals surface area contributed by atoms with E-state index in [1.807, 2.05) is 60.7 Å². The van der Waals surface area contributed by atoms with Crippen molar-refractivity contribution < 1.29 is 19.1 Å². The van der Waals surface area contributed by atoms with Gasteiger partial charge in [0, 0.05) is 5.69 Å². The van der Waals surface area contributed by atoms with Gasteiger partial charge in [-0.25, -0.2) is 5.01 Å². The van der Waals surface area contributed by atoms with Crippen LogP contribution in [0.5, 0.6) is 11.5 Å². The molecule has 10 heteroatoms. The SMILES string of the molecule is N=CN(CC(=O)N[C@@H](COCc1ccccc1)C(=O)Nc1ccc(Oc2ccccc2)cc1)N=N. The van der Waals surface area contributed by atoms with E-state index >= 15 is 0 Å². The number of carbonyl (C=O) groups excluding carboxylic acids is 2. The highest BCUT2D eigenvalue weighted by Gasteiger charge is 2.22. The highest BCUT2D eigenvalue weighted by molar-refractivity contribution is 5.97. The van der Waals surface area contributed by atoms with Crippen LogP contribution < -0.4 is 15.4 Å². The number of ether oxygens (including phenoxy) is 2. The number of anilines is 1. The Morgan fingerprint density at radius 2 is 1.57 bits per heavy atom. The van der Waals surface area contributed by atoms with Crippen molar-refractivity contribution in [3.8, 4) is 11.5 Å². The van der Waals surface area contributed by atoms with Crippen LogP contribution in [0.1, 0.15) is 5.56 Å². The van der Waals surface area contributed by atoms with Crippen molar-refractivity contribution in [2.75, 3.05) is 18.5 Å². The van der Waals surface area contributed by atoms with E-state index < -0.39 is 17.9 Å². The standard InChI is InChI=1S/C25H26N6O4/c26-18-31(30-27)15-24(32)29-23(17-34-16-19-7-3-1-4-8-19)25(33)28-20-11-13-22(14-12-20)35-21-9-5-2-6-10-21/h1-14,18,23,26-27H,15-17H2,(H,28,33)(H,29,32)/t23-/m0/s1. The van der Waals surface area contributed by atoms with E-state index in [-0.39, 0.29) is 19.8 Å². The van der Waals surface area contributed by atoms with Crippen molar-refractivity contribution in [3.63, 3.8) is 0 Å². The molecule has 0 heterocycles. The minimum atomic E-state index is -1.01. The molecule has 1 atom stereocenters. The van der Waals surface area contributed by atoms with Gasteiger partial charge in [-0.2, -0.15) is 5.53 Å². The van der Waals surface area contributed by atoms with Crippen LogP contribution in [0.4, 0.5) is 5.69 Å². The molecule has 35 heavy (non-hydrogen) atoms. The lowest BCUT2D eigenvalue weighted by Crippen LogP contribution is -2.49. The fourth-order valence-electron chi connectivity index (χ4n) is 3.01. The summed E-state index contributed by atoms with van der Waals surface area (Å²) in [7, 11) is 0. The lowest BCUT2D eigenvalue weighted by molar-refractivity contribution is -0.128. The Kier molecular flexibility index (Phi) is 9.46. The van der Waals surface area contributed by atoms with Gasteiger partial charge < -0.3 is 20.1 Å². The van der Waals surface area contributed by atoms with Crippen molar-refractivity contribution in [1.29, 1.82) is 10.9 Å². The van der Waals surface area contributed by atoms with Crippen LogP contribution in [0.3, 0.4) is 0 Å².